The molecule has 5 heteroatoms. The maximum atomic E-state index is 12.6. The predicted molar refractivity (Wildman–Crippen MR) is 96.5 cm³/mol. The van der Waals surface area contributed by atoms with E-state index in [2.05, 4.69) is 0 Å². The standard InChI is InChI=1S/C21H19NO4/c23-20(24)19(22-13-7-8-14-22)21(25)26-18(17-11-5-2-6-12-17)15-16-9-3-1-4-10-16/h1-14,18-19H,15H2,(H,23,24). The Morgan fingerprint density at radius 3 is 2.04 bits per heavy atom. The van der Waals surface area contributed by atoms with Gasteiger partial charge in [0, 0.05) is 18.8 Å². The third-order valence-corrected chi connectivity index (χ3v) is 4.08. The van der Waals surface area contributed by atoms with Crippen LogP contribution in [0.3, 0.4) is 0 Å². The molecule has 0 amide bonds. The lowest BCUT2D eigenvalue weighted by atomic mass is 10.0. The summed E-state index contributed by atoms with van der Waals surface area (Å²) in [5.41, 5.74) is 1.82. The summed E-state index contributed by atoms with van der Waals surface area (Å²) in [5.74, 6) is -2.05. The van der Waals surface area contributed by atoms with Crippen LogP contribution in [0, 0.1) is 0 Å². The molecule has 0 bridgehead atoms. The quantitative estimate of drug-likeness (QED) is 0.522. The Morgan fingerprint density at radius 1 is 0.885 bits per heavy atom. The van der Waals surface area contributed by atoms with Crippen LogP contribution in [0.5, 0.6) is 0 Å². The van der Waals surface area contributed by atoms with Gasteiger partial charge in [0.2, 0.25) is 6.04 Å². The number of carbonyl (C=O) groups is 2. The molecular weight excluding hydrogens is 330 g/mol. The zero-order chi connectivity index (χ0) is 18.4. The van der Waals surface area contributed by atoms with Crippen LogP contribution < -0.4 is 0 Å². The molecule has 2 atom stereocenters. The fourth-order valence-corrected chi connectivity index (χ4v) is 2.80. The second-order valence-corrected chi connectivity index (χ2v) is 5.90. The largest absolute Gasteiger partial charge is 0.479 e. The minimum absolute atomic E-state index is 0.467. The van der Waals surface area contributed by atoms with Crippen LogP contribution in [0.2, 0.25) is 0 Å². The van der Waals surface area contributed by atoms with E-state index in [1.54, 1.807) is 12.1 Å². The van der Waals surface area contributed by atoms with Crippen LogP contribution in [0.1, 0.15) is 23.3 Å². The van der Waals surface area contributed by atoms with Crippen molar-refractivity contribution in [1.82, 2.24) is 4.57 Å². The smallest absolute Gasteiger partial charge is 0.341 e. The SMILES string of the molecule is O=C(O)C(C(=O)OC(Cc1ccccc1)c1ccccc1)n1cccc1. The number of carboxylic acid groups (broad SMARTS) is 1. The summed E-state index contributed by atoms with van der Waals surface area (Å²) < 4.78 is 6.98. The van der Waals surface area contributed by atoms with Crippen molar-refractivity contribution in [2.24, 2.45) is 0 Å². The number of aromatic nitrogens is 1. The summed E-state index contributed by atoms with van der Waals surface area (Å²) >= 11 is 0. The zero-order valence-electron chi connectivity index (χ0n) is 14.1. The molecule has 0 saturated carbocycles. The Hall–Kier alpha value is -3.34. The molecular formula is C21H19NO4. The van der Waals surface area contributed by atoms with E-state index in [9.17, 15) is 14.7 Å². The highest BCUT2D eigenvalue weighted by molar-refractivity contribution is 5.96. The van der Waals surface area contributed by atoms with E-state index in [1.807, 2.05) is 60.7 Å². The van der Waals surface area contributed by atoms with E-state index in [0.717, 1.165) is 11.1 Å². The molecule has 1 heterocycles. The lowest BCUT2D eigenvalue weighted by molar-refractivity contribution is -0.161. The number of nitrogens with zero attached hydrogens (tertiary/aromatic N) is 1. The van der Waals surface area contributed by atoms with E-state index in [-0.39, 0.29) is 0 Å². The van der Waals surface area contributed by atoms with Gasteiger partial charge in [-0.3, -0.25) is 0 Å². The first-order valence-corrected chi connectivity index (χ1v) is 8.30. The predicted octanol–water partition coefficient (Wildman–Crippen LogP) is 3.64. The van der Waals surface area contributed by atoms with Crippen molar-refractivity contribution < 1.29 is 19.4 Å². The molecule has 0 radical (unpaired) electrons. The van der Waals surface area contributed by atoms with Crippen molar-refractivity contribution in [3.05, 3.63) is 96.3 Å². The summed E-state index contributed by atoms with van der Waals surface area (Å²) in [6, 6.07) is 20.9. The van der Waals surface area contributed by atoms with Crippen molar-refractivity contribution in [1.29, 1.82) is 0 Å². The van der Waals surface area contributed by atoms with Crippen molar-refractivity contribution in [3.63, 3.8) is 0 Å². The number of carboxylic acids is 1. The molecule has 0 aliphatic rings. The molecule has 0 saturated heterocycles. The maximum Gasteiger partial charge on any atom is 0.341 e. The van der Waals surface area contributed by atoms with E-state index < -0.39 is 24.1 Å². The molecule has 0 aliphatic heterocycles. The van der Waals surface area contributed by atoms with E-state index in [4.69, 9.17) is 4.74 Å². The van der Waals surface area contributed by atoms with Crippen LogP contribution in [0.15, 0.2) is 85.2 Å². The number of hydrogen-bond donors (Lipinski definition) is 1. The lowest BCUT2D eigenvalue weighted by Crippen LogP contribution is -2.30. The summed E-state index contributed by atoms with van der Waals surface area (Å²) in [4.78, 5) is 24.2. The van der Waals surface area contributed by atoms with Gasteiger partial charge in [-0.1, -0.05) is 60.7 Å². The molecule has 132 valence electrons. The number of benzene rings is 2. The Balaban J connectivity index is 1.85. The fourth-order valence-electron chi connectivity index (χ4n) is 2.80. The highest BCUT2D eigenvalue weighted by atomic mass is 16.5. The topological polar surface area (TPSA) is 68.5 Å². The van der Waals surface area contributed by atoms with Gasteiger partial charge in [0.1, 0.15) is 6.10 Å². The van der Waals surface area contributed by atoms with Gasteiger partial charge in [0.15, 0.2) is 0 Å². The van der Waals surface area contributed by atoms with Crippen LogP contribution in [0.25, 0.3) is 0 Å². The van der Waals surface area contributed by atoms with E-state index in [1.165, 1.54) is 17.0 Å². The van der Waals surface area contributed by atoms with Gasteiger partial charge in [0.25, 0.3) is 0 Å². The molecule has 0 fully saturated rings. The summed E-state index contributed by atoms with van der Waals surface area (Å²) in [6.07, 6.45) is 2.97. The fraction of sp³-hybridized carbons (Fsp3) is 0.143. The molecule has 26 heavy (non-hydrogen) atoms. The van der Waals surface area contributed by atoms with Crippen LogP contribution >= 0.6 is 0 Å². The minimum Gasteiger partial charge on any atom is -0.479 e. The third kappa shape index (κ3) is 4.19. The van der Waals surface area contributed by atoms with Gasteiger partial charge in [0.05, 0.1) is 0 Å². The van der Waals surface area contributed by atoms with E-state index >= 15 is 0 Å². The number of hydrogen-bond acceptors (Lipinski definition) is 3. The van der Waals surface area contributed by atoms with Crippen LogP contribution in [-0.2, 0) is 20.7 Å². The van der Waals surface area contributed by atoms with Crippen molar-refractivity contribution in [2.75, 3.05) is 0 Å². The van der Waals surface area contributed by atoms with Gasteiger partial charge in [-0.25, -0.2) is 9.59 Å². The summed E-state index contributed by atoms with van der Waals surface area (Å²) in [7, 11) is 0. The highest BCUT2D eigenvalue weighted by Gasteiger charge is 2.31. The lowest BCUT2D eigenvalue weighted by Gasteiger charge is -2.21. The minimum atomic E-state index is -1.41. The first kappa shape index (κ1) is 17.5. The van der Waals surface area contributed by atoms with Gasteiger partial charge < -0.3 is 14.4 Å². The maximum absolute atomic E-state index is 12.6. The number of ether oxygens (including phenoxy) is 1. The summed E-state index contributed by atoms with van der Waals surface area (Å²) in [6.45, 7) is 0. The first-order valence-electron chi connectivity index (χ1n) is 8.30. The molecule has 5 nitrogen and oxygen atoms in total. The van der Waals surface area contributed by atoms with Crippen molar-refractivity contribution >= 4 is 11.9 Å². The Bertz CT molecular complexity index is 844. The van der Waals surface area contributed by atoms with Gasteiger partial charge >= 0.3 is 11.9 Å². The monoisotopic (exact) mass is 349 g/mol. The van der Waals surface area contributed by atoms with Gasteiger partial charge in [-0.2, -0.15) is 0 Å². The average Bonchev–Trinajstić information content (AvgIpc) is 3.16. The van der Waals surface area contributed by atoms with Crippen LogP contribution in [-0.4, -0.2) is 21.6 Å². The first-order chi connectivity index (χ1) is 12.6. The number of aliphatic carboxylic acids is 1. The molecule has 2 unspecified atom stereocenters. The van der Waals surface area contributed by atoms with Crippen LogP contribution in [0.4, 0.5) is 0 Å². The molecule has 0 aliphatic carbocycles. The molecule has 2 aromatic carbocycles. The number of rotatable bonds is 7. The number of carbonyl (C=O) groups excluding carboxylic acids is 1. The second-order valence-electron chi connectivity index (χ2n) is 5.90. The van der Waals surface area contributed by atoms with Gasteiger partial charge in [-0.05, 0) is 23.3 Å². The second kappa shape index (κ2) is 8.16. The van der Waals surface area contributed by atoms with E-state index in [0.29, 0.717) is 6.42 Å². The Labute approximate surface area is 151 Å². The molecule has 1 N–H and O–H groups in total. The van der Waals surface area contributed by atoms with Gasteiger partial charge in [-0.15, -0.1) is 0 Å². The molecule has 0 spiro atoms. The zero-order valence-corrected chi connectivity index (χ0v) is 14.1. The Morgan fingerprint density at radius 2 is 1.46 bits per heavy atom. The molecule has 3 rings (SSSR count). The third-order valence-electron chi connectivity index (χ3n) is 4.08. The summed E-state index contributed by atoms with van der Waals surface area (Å²) in [5, 5.41) is 9.47. The van der Waals surface area contributed by atoms with Crippen molar-refractivity contribution in [2.45, 2.75) is 18.6 Å². The number of esters is 1. The molecule has 3 aromatic rings. The normalized spacial score (nSPS) is 12.9. The average molecular weight is 349 g/mol. The van der Waals surface area contributed by atoms with Crippen molar-refractivity contribution in [3.8, 4) is 0 Å². The Kier molecular flexibility index (Phi) is 5.49. The highest BCUT2D eigenvalue weighted by Crippen LogP contribution is 2.25. The molecule has 1 aromatic heterocycles.